The fourth-order valence-corrected chi connectivity index (χ4v) is 2.06. The zero-order valence-electron chi connectivity index (χ0n) is 10.4. The first-order valence-corrected chi connectivity index (χ1v) is 5.87. The number of alkyl halides is 3. The van der Waals surface area contributed by atoms with E-state index in [1.165, 1.54) is 11.1 Å². The molecule has 0 spiro atoms. The highest BCUT2D eigenvalue weighted by Crippen LogP contribution is 2.33. The van der Waals surface area contributed by atoms with Crippen LogP contribution in [0.15, 0.2) is 30.5 Å². The van der Waals surface area contributed by atoms with Crippen molar-refractivity contribution < 1.29 is 13.2 Å². The van der Waals surface area contributed by atoms with E-state index in [1.54, 1.807) is 31.2 Å². The summed E-state index contributed by atoms with van der Waals surface area (Å²) in [5, 5.41) is 0.633. The average Bonchev–Trinajstić information content (AvgIpc) is 2.35. The predicted octanol–water partition coefficient (Wildman–Crippen LogP) is 3.21. The van der Waals surface area contributed by atoms with E-state index in [4.69, 9.17) is 5.73 Å². The first kappa shape index (κ1) is 13.5. The lowest BCUT2D eigenvalue weighted by molar-refractivity contribution is -0.119. The number of pyridine rings is 1. The van der Waals surface area contributed by atoms with Crippen molar-refractivity contribution in [2.45, 2.75) is 13.1 Å². The molecule has 1 aromatic carbocycles. The van der Waals surface area contributed by atoms with Gasteiger partial charge in [0.1, 0.15) is 6.54 Å². The van der Waals surface area contributed by atoms with Crippen LogP contribution in [0, 0.1) is 0 Å². The molecule has 0 aliphatic rings. The first-order chi connectivity index (χ1) is 8.92. The number of fused-ring (bicyclic) bond motifs is 1. The molecule has 2 N–H and O–H groups in total. The Morgan fingerprint density at radius 3 is 2.58 bits per heavy atom. The SMILES string of the molecule is CCN(CC(F)(F)F)c1c(N)cnc2ccccc12. The molecule has 0 radical (unpaired) electrons. The summed E-state index contributed by atoms with van der Waals surface area (Å²) >= 11 is 0. The number of hydrogen-bond donors (Lipinski definition) is 1. The van der Waals surface area contributed by atoms with Crippen molar-refractivity contribution in [2.24, 2.45) is 0 Å². The van der Waals surface area contributed by atoms with Gasteiger partial charge < -0.3 is 10.6 Å². The lowest BCUT2D eigenvalue weighted by atomic mass is 10.1. The molecule has 1 heterocycles. The number of hydrogen-bond acceptors (Lipinski definition) is 3. The predicted molar refractivity (Wildman–Crippen MR) is 70.1 cm³/mol. The van der Waals surface area contributed by atoms with Crippen LogP contribution in [0.1, 0.15) is 6.92 Å². The minimum atomic E-state index is -4.27. The molecule has 0 amide bonds. The fraction of sp³-hybridized carbons (Fsp3) is 0.308. The molecule has 0 saturated heterocycles. The third-order valence-electron chi connectivity index (χ3n) is 2.84. The highest BCUT2D eigenvalue weighted by molar-refractivity contribution is 5.97. The van der Waals surface area contributed by atoms with E-state index in [1.807, 2.05) is 0 Å². The summed E-state index contributed by atoms with van der Waals surface area (Å²) in [7, 11) is 0. The number of benzene rings is 1. The third kappa shape index (κ3) is 2.89. The molecule has 2 aromatic rings. The van der Waals surface area contributed by atoms with Crippen molar-refractivity contribution in [3.8, 4) is 0 Å². The normalized spacial score (nSPS) is 11.8. The second-order valence-electron chi connectivity index (χ2n) is 4.21. The minimum absolute atomic E-state index is 0.220. The Kier molecular flexibility index (Phi) is 3.50. The van der Waals surface area contributed by atoms with Crippen LogP contribution >= 0.6 is 0 Å². The van der Waals surface area contributed by atoms with Crippen LogP contribution < -0.4 is 10.6 Å². The van der Waals surface area contributed by atoms with Gasteiger partial charge in [-0.15, -0.1) is 0 Å². The molecular formula is C13H14F3N3. The van der Waals surface area contributed by atoms with Gasteiger partial charge in [0.2, 0.25) is 0 Å². The summed E-state index contributed by atoms with van der Waals surface area (Å²) in [6.45, 7) is 0.861. The summed E-state index contributed by atoms with van der Waals surface area (Å²) in [6, 6.07) is 7.02. The Morgan fingerprint density at radius 1 is 1.26 bits per heavy atom. The number of nitrogens with two attached hydrogens (primary N) is 1. The molecular weight excluding hydrogens is 255 g/mol. The van der Waals surface area contributed by atoms with Gasteiger partial charge in [-0.05, 0) is 13.0 Å². The van der Waals surface area contributed by atoms with Gasteiger partial charge in [-0.3, -0.25) is 4.98 Å². The number of halogens is 3. The molecule has 102 valence electrons. The molecule has 0 fully saturated rings. The fourth-order valence-electron chi connectivity index (χ4n) is 2.06. The maximum atomic E-state index is 12.6. The van der Waals surface area contributed by atoms with Gasteiger partial charge in [0.05, 0.1) is 23.1 Å². The van der Waals surface area contributed by atoms with Crippen LogP contribution in [-0.2, 0) is 0 Å². The number of para-hydroxylation sites is 1. The zero-order valence-corrected chi connectivity index (χ0v) is 10.4. The van der Waals surface area contributed by atoms with Crippen molar-refractivity contribution in [3.63, 3.8) is 0 Å². The first-order valence-electron chi connectivity index (χ1n) is 5.87. The lowest BCUT2D eigenvalue weighted by Crippen LogP contribution is -2.34. The minimum Gasteiger partial charge on any atom is -0.396 e. The van der Waals surface area contributed by atoms with Crippen LogP contribution in [0.2, 0.25) is 0 Å². The Morgan fingerprint density at radius 2 is 1.95 bits per heavy atom. The van der Waals surface area contributed by atoms with E-state index in [0.717, 1.165) is 0 Å². The Hall–Kier alpha value is -1.98. The molecule has 6 heteroatoms. The molecule has 1 aromatic heterocycles. The average molecular weight is 269 g/mol. The van der Waals surface area contributed by atoms with Crippen molar-refractivity contribution in [1.29, 1.82) is 0 Å². The van der Waals surface area contributed by atoms with Gasteiger partial charge in [-0.2, -0.15) is 13.2 Å². The van der Waals surface area contributed by atoms with Gasteiger partial charge in [0, 0.05) is 11.9 Å². The highest BCUT2D eigenvalue weighted by Gasteiger charge is 2.31. The van der Waals surface area contributed by atoms with Crippen molar-refractivity contribution >= 4 is 22.3 Å². The van der Waals surface area contributed by atoms with Crippen LogP contribution in [0.25, 0.3) is 10.9 Å². The maximum Gasteiger partial charge on any atom is 0.405 e. The number of aromatic nitrogens is 1. The standard InChI is InChI=1S/C13H14F3N3/c1-2-19(8-13(14,15)16)12-9-5-3-4-6-11(9)18-7-10(12)17/h3-7H,2,8,17H2,1H3. The number of anilines is 2. The number of nitrogen functional groups attached to an aromatic ring is 1. The van der Waals surface area contributed by atoms with E-state index < -0.39 is 12.7 Å². The van der Waals surface area contributed by atoms with Gasteiger partial charge in [0.25, 0.3) is 0 Å². The molecule has 19 heavy (non-hydrogen) atoms. The van der Waals surface area contributed by atoms with Crippen LogP contribution in [0.5, 0.6) is 0 Å². The maximum absolute atomic E-state index is 12.6. The summed E-state index contributed by atoms with van der Waals surface area (Å²) in [5.74, 6) is 0. The van der Waals surface area contributed by atoms with Crippen molar-refractivity contribution in [3.05, 3.63) is 30.5 Å². The van der Waals surface area contributed by atoms with E-state index >= 15 is 0 Å². The molecule has 0 atom stereocenters. The van der Waals surface area contributed by atoms with Crippen LogP contribution in [-0.4, -0.2) is 24.2 Å². The van der Waals surface area contributed by atoms with Crippen molar-refractivity contribution in [1.82, 2.24) is 4.98 Å². The van der Waals surface area contributed by atoms with E-state index in [2.05, 4.69) is 4.98 Å². The van der Waals surface area contributed by atoms with Gasteiger partial charge >= 0.3 is 6.18 Å². The Labute approximate surface area is 108 Å². The number of rotatable bonds is 3. The number of nitrogens with zero attached hydrogens (tertiary/aromatic N) is 2. The molecule has 0 bridgehead atoms. The second-order valence-corrected chi connectivity index (χ2v) is 4.21. The van der Waals surface area contributed by atoms with Crippen LogP contribution in [0.3, 0.4) is 0 Å². The summed E-state index contributed by atoms with van der Waals surface area (Å²) in [5.41, 5.74) is 7.09. The quantitative estimate of drug-likeness (QED) is 0.930. The largest absolute Gasteiger partial charge is 0.405 e. The Balaban J connectivity index is 2.55. The zero-order chi connectivity index (χ0) is 14.0. The van der Waals surface area contributed by atoms with Gasteiger partial charge in [0.15, 0.2) is 0 Å². The molecule has 0 aliphatic heterocycles. The molecule has 3 nitrogen and oxygen atoms in total. The van der Waals surface area contributed by atoms with Gasteiger partial charge in [-0.1, -0.05) is 18.2 Å². The molecule has 0 saturated carbocycles. The second kappa shape index (κ2) is 4.95. The summed E-state index contributed by atoms with van der Waals surface area (Å²) < 4.78 is 37.8. The Bertz CT molecular complexity index is 581. The topological polar surface area (TPSA) is 42.1 Å². The smallest absolute Gasteiger partial charge is 0.396 e. The van der Waals surface area contributed by atoms with E-state index in [9.17, 15) is 13.2 Å². The molecule has 0 unspecified atom stereocenters. The molecule has 0 aliphatic carbocycles. The third-order valence-corrected chi connectivity index (χ3v) is 2.84. The lowest BCUT2D eigenvalue weighted by Gasteiger charge is -2.26. The highest BCUT2D eigenvalue weighted by atomic mass is 19.4. The summed E-state index contributed by atoms with van der Waals surface area (Å²) in [4.78, 5) is 5.34. The van der Waals surface area contributed by atoms with Crippen LogP contribution in [0.4, 0.5) is 24.5 Å². The molecule has 2 rings (SSSR count). The van der Waals surface area contributed by atoms with E-state index in [0.29, 0.717) is 16.6 Å². The monoisotopic (exact) mass is 269 g/mol. The van der Waals surface area contributed by atoms with E-state index in [-0.39, 0.29) is 12.2 Å². The van der Waals surface area contributed by atoms with Crippen molar-refractivity contribution in [2.75, 3.05) is 23.7 Å². The van der Waals surface area contributed by atoms with Gasteiger partial charge in [-0.25, -0.2) is 0 Å². The summed E-state index contributed by atoms with van der Waals surface area (Å²) in [6.07, 6.45) is -2.87.